The molecule has 0 aliphatic rings. The molecule has 158 valence electrons. The summed E-state index contributed by atoms with van der Waals surface area (Å²) in [5, 5.41) is 4.47. The number of thiophene rings is 1. The van der Waals surface area contributed by atoms with Gasteiger partial charge in [0.05, 0.1) is 11.2 Å². The Morgan fingerprint density at radius 2 is 1.81 bits per heavy atom. The van der Waals surface area contributed by atoms with Gasteiger partial charge in [0.2, 0.25) is 5.91 Å². The number of rotatable bonds is 5. The average molecular weight is 437 g/mol. The second-order valence-electron chi connectivity index (χ2n) is 7.34. The van der Waals surface area contributed by atoms with E-state index in [1.807, 2.05) is 26.0 Å². The third-order valence-corrected chi connectivity index (χ3v) is 5.94. The van der Waals surface area contributed by atoms with Crippen molar-refractivity contribution in [1.29, 1.82) is 0 Å². The van der Waals surface area contributed by atoms with E-state index in [1.165, 1.54) is 28.0 Å². The summed E-state index contributed by atoms with van der Waals surface area (Å²) in [4.78, 5) is 38.9. The number of halogens is 1. The van der Waals surface area contributed by atoms with Gasteiger partial charge in [-0.3, -0.25) is 14.2 Å². The van der Waals surface area contributed by atoms with E-state index in [1.54, 1.807) is 29.6 Å². The molecule has 8 heteroatoms. The van der Waals surface area contributed by atoms with Gasteiger partial charge in [0, 0.05) is 6.54 Å². The molecule has 0 aliphatic carbocycles. The Kier molecular flexibility index (Phi) is 5.56. The molecule has 1 N–H and O–H groups in total. The lowest BCUT2D eigenvalue weighted by Crippen LogP contribution is -2.41. The SMILES string of the molecule is Cc1ccc(-n2c(=O)c3sccc3n(CC(=O)NCc3ccc(F)cc3)c2=O)c(C)c1. The molecule has 2 aromatic carbocycles. The predicted molar refractivity (Wildman–Crippen MR) is 119 cm³/mol. The molecule has 6 nitrogen and oxygen atoms in total. The molecule has 0 aliphatic heterocycles. The van der Waals surface area contributed by atoms with Crippen molar-refractivity contribution in [3.05, 3.63) is 97.3 Å². The lowest BCUT2D eigenvalue weighted by molar-refractivity contribution is -0.121. The van der Waals surface area contributed by atoms with Crippen LogP contribution in [0.2, 0.25) is 0 Å². The summed E-state index contributed by atoms with van der Waals surface area (Å²) < 4.78 is 15.9. The molecule has 1 amide bonds. The number of amides is 1. The third-order valence-electron chi connectivity index (χ3n) is 5.05. The van der Waals surface area contributed by atoms with Crippen molar-refractivity contribution in [1.82, 2.24) is 14.5 Å². The van der Waals surface area contributed by atoms with Crippen molar-refractivity contribution in [2.75, 3.05) is 0 Å². The Balaban J connectivity index is 1.71. The number of nitrogens with zero attached hydrogens (tertiary/aromatic N) is 2. The molecular formula is C23H20FN3O3S. The van der Waals surface area contributed by atoms with E-state index in [9.17, 15) is 18.8 Å². The molecule has 2 aromatic heterocycles. The number of benzene rings is 2. The lowest BCUT2D eigenvalue weighted by atomic mass is 10.1. The summed E-state index contributed by atoms with van der Waals surface area (Å²) >= 11 is 1.23. The minimum absolute atomic E-state index is 0.206. The quantitative estimate of drug-likeness (QED) is 0.521. The minimum atomic E-state index is -0.570. The van der Waals surface area contributed by atoms with Crippen LogP contribution in [0.15, 0.2) is 63.5 Å². The number of hydrogen-bond donors (Lipinski definition) is 1. The zero-order valence-electron chi connectivity index (χ0n) is 17.0. The normalized spacial score (nSPS) is 11.1. The maximum absolute atomic E-state index is 13.3. The monoisotopic (exact) mass is 437 g/mol. The summed E-state index contributed by atoms with van der Waals surface area (Å²) in [6.07, 6.45) is 0. The molecule has 0 fully saturated rings. The maximum Gasteiger partial charge on any atom is 0.336 e. The smallest absolute Gasteiger partial charge is 0.336 e. The van der Waals surface area contributed by atoms with Crippen LogP contribution < -0.4 is 16.6 Å². The van der Waals surface area contributed by atoms with Gasteiger partial charge in [-0.25, -0.2) is 13.8 Å². The summed E-state index contributed by atoms with van der Waals surface area (Å²) in [7, 11) is 0. The van der Waals surface area contributed by atoms with Crippen LogP contribution in [0.3, 0.4) is 0 Å². The fourth-order valence-electron chi connectivity index (χ4n) is 3.51. The molecule has 0 unspecified atom stereocenters. The number of carbonyl (C=O) groups excluding carboxylic acids is 1. The predicted octanol–water partition coefficient (Wildman–Crippen LogP) is 3.29. The van der Waals surface area contributed by atoms with Crippen molar-refractivity contribution >= 4 is 27.5 Å². The Hall–Kier alpha value is -3.52. The summed E-state index contributed by atoms with van der Waals surface area (Å²) in [5.74, 6) is -0.736. The third kappa shape index (κ3) is 4.06. The van der Waals surface area contributed by atoms with E-state index in [0.29, 0.717) is 15.9 Å². The van der Waals surface area contributed by atoms with Gasteiger partial charge >= 0.3 is 5.69 Å². The Morgan fingerprint density at radius 1 is 1.06 bits per heavy atom. The fourth-order valence-corrected chi connectivity index (χ4v) is 4.34. The molecule has 4 rings (SSSR count). The van der Waals surface area contributed by atoms with Gasteiger partial charge in [-0.1, -0.05) is 29.8 Å². The van der Waals surface area contributed by atoms with Crippen LogP contribution in [-0.2, 0) is 17.9 Å². The summed E-state index contributed by atoms with van der Waals surface area (Å²) in [6.45, 7) is 3.74. The van der Waals surface area contributed by atoms with E-state index >= 15 is 0 Å². The van der Waals surface area contributed by atoms with E-state index in [0.717, 1.165) is 21.3 Å². The Morgan fingerprint density at radius 3 is 2.52 bits per heavy atom. The summed E-state index contributed by atoms with van der Waals surface area (Å²) in [5.41, 5.74) is 2.51. The number of carbonyl (C=O) groups is 1. The van der Waals surface area contributed by atoms with Crippen LogP contribution in [0.4, 0.5) is 4.39 Å². The zero-order chi connectivity index (χ0) is 22.1. The molecule has 2 heterocycles. The van der Waals surface area contributed by atoms with Gasteiger partial charge in [-0.15, -0.1) is 11.3 Å². The van der Waals surface area contributed by atoms with Crippen LogP contribution in [0.1, 0.15) is 16.7 Å². The number of aromatic nitrogens is 2. The second-order valence-corrected chi connectivity index (χ2v) is 8.25. The van der Waals surface area contributed by atoms with Gasteiger partial charge in [0.15, 0.2) is 0 Å². The van der Waals surface area contributed by atoms with Gasteiger partial charge in [-0.2, -0.15) is 0 Å². The Bertz CT molecular complexity index is 1400. The first-order valence-electron chi connectivity index (χ1n) is 9.67. The maximum atomic E-state index is 13.3. The molecule has 0 saturated carbocycles. The van der Waals surface area contributed by atoms with Crippen LogP contribution in [-0.4, -0.2) is 15.0 Å². The average Bonchev–Trinajstić information content (AvgIpc) is 3.22. The minimum Gasteiger partial charge on any atom is -0.350 e. The van der Waals surface area contributed by atoms with Crippen LogP contribution >= 0.6 is 11.3 Å². The highest BCUT2D eigenvalue weighted by atomic mass is 32.1. The van der Waals surface area contributed by atoms with Gasteiger partial charge < -0.3 is 5.32 Å². The first-order chi connectivity index (χ1) is 14.8. The first-order valence-corrected chi connectivity index (χ1v) is 10.5. The topological polar surface area (TPSA) is 73.1 Å². The van der Waals surface area contributed by atoms with Crippen LogP contribution in [0.5, 0.6) is 0 Å². The van der Waals surface area contributed by atoms with Crippen LogP contribution in [0, 0.1) is 19.7 Å². The number of nitrogens with one attached hydrogen (secondary N) is 1. The molecule has 0 radical (unpaired) electrons. The largest absolute Gasteiger partial charge is 0.350 e. The van der Waals surface area contributed by atoms with Crippen molar-refractivity contribution < 1.29 is 9.18 Å². The molecule has 0 bridgehead atoms. The van der Waals surface area contributed by atoms with E-state index in [2.05, 4.69) is 5.32 Å². The van der Waals surface area contributed by atoms with E-state index < -0.39 is 11.2 Å². The van der Waals surface area contributed by atoms with E-state index in [-0.39, 0.29) is 24.8 Å². The lowest BCUT2D eigenvalue weighted by Gasteiger charge is -2.14. The molecular weight excluding hydrogens is 417 g/mol. The zero-order valence-corrected chi connectivity index (χ0v) is 17.8. The second kappa shape index (κ2) is 8.31. The van der Waals surface area contributed by atoms with Gasteiger partial charge in [0.1, 0.15) is 17.1 Å². The van der Waals surface area contributed by atoms with Crippen molar-refractivity contribution in [2.45, 2.75) is 26.9 Å². The van der Waals surface area contributed by atoms with Crippen molar-refractivity contribution in [3.8, 4) is 5.69 Å². The van der Waals surface area contributed by atoms with Gasteiger partial charge in [0.25, 0.3) is 5.56 Å². The highest BCUT2D eigenvalue weighted by molar-refractivity contribution is 7.17. The first kappa shape index (κ1) is 20.7. The number of aryl methyl sites for hydroxylation is 2. The molecule has 0 spiro atoms. The molecule has 31 heavy (non-hydrogen) atoms. The van der Waals surface area contributed by atoms with Gasteiger partial charge in [-0.05, 0) is 54.6 Å². The standard InChI is InChI=1S/C23H20FN3O3S/c1-14-3-8-18(15(2)11-14)27-22(29)21-19(9-10-31-21)26(23(27)30)13-20(28)25-12-16-4-6-17(24)7-5-16/h3-11H,12-13H2,1-2H3,(H,25,28). The highest BCUT2D eigenvalue weighted by Crippen LogP contribution is 2.18. The fraction of sp³-hybridized carbons (Fsp3) is 0.174. The van der Waals surface area contributed by atoms with Crippen molar-refractivity contribution in [2.24, 2.45) is 0 Å². The number of hydrogen-bond acceptors (Lipinski definition) is 4. The number of fused-ring (bicyclic) bond motifs is 1. The Labute approximate surface area is 181 Å². The molecule has 0 atom stereocenters. The molecule has 0 saturated heterocycles. The highest BCUT2D eigenvalue weighted by Gasteiger charge is 2.18. The van der Waals surface area contributed by atoms with Crippen molar-refractivity contribution in [3.63, 3.8) is 0 Å². The molecule has 4 aromatic rings. The van der Waals surface area contributed by atoms with Crippen LogP contribution in [0.25, 0.3) is 15.9 Å². The van der Waals surface area contributed by atoms with E-state index in [4.69, 9.17) is 0 Å². The summed E-state index contributed by atoms with van der Waals surface area (Å²) in [6, 6.07) is 13.0.